The van der Waals surface area contributed by atoms with Gasteiger partial charge in [0.05, 0.1) is 10.5 Å². The highest BCUT2D eigenvalue weighted by atomic mass is 16.6. The fourth-order valence-corrected chi connectivity index (χ4v) is 2.78. The Bertz CT molecular complexity index is 530. The van der Waals surface area contributed by atoms with Gasteiger partial charge in [-0.1, -0.05) is 19.9 Å². The molecule has 1 aliphatic rings. The van der Waals surface area contributed by atoms with Crippen molar-refractivity contribution in [1.29, 1.82) is 0 Å². The highest BCUT2D eigenvalue weighted by molar-refractivity contribution is 5.62. The van der Waals surface area contributed by atoms with Crippen molar-refractivity contribution in [2.24, 2.45) is 5.41 Å². The van der Waals surface area contributed by atoms with E-state index >= 15 is 0 Å². The maximum Gasteiger partial charge on any atom is 0.292 e. The Morgan fingerprint density at radius 3 is 2.48 bits per heavy atom. The first kappa shape index (κ1) is 15.8. The van der Waals surface area contributed by atoms with Gasteiger partial charge in [-0.05, 0) is 49.7 Å². The molecule has 0 heterocycles. The number of aliphatic hydroxyl groups is 1. The van der Waals surface area contributed by atoms with Gasteiger partial charge in [0, 0.05) is 12.6 Å². The Morgan fingerprint density at radius 2 is 1.90 bits per heavy atom. The van der Waals surface area contributed by atoms with E-state index in [1.54, 1.807) is 12.1 Å². The van der Waals surface area contributed by atoms with Crippen LogP contribution in [0.1, 0.15) is 45.1 Å². The van der Waals surface area contributed by atoms with Gasteiger partial charge in [-0.3, -0.25) is 10.1 Å². The molecule has 0 aromatic heterocycles. The van der Waals surface area contributed by atoms with E-state index in [9.17, 15) is 15.2 Å². The smallest absolute Gasteiger partial charge is 0.292 e. The third-order valence-corrected chi connectivity index (χ3v) is 4.49. The molecule has 5 nitrogen and oxygen atoms in total. The van der Waals surface area contributed by atoms with Crippen LogP contribution in [-0.2, 0) is 0 Å². The van der Waals surface area contributed by atoms with E-state index in [1.807, 2.05) is 6.92 Å². The molecule has 0 atom stereocenters. The molecule has 1 aromatic carbocycles. The van der Waals surface area contributed by atoms with Crippen LogP contribution in [0.3, 0.4) is 0 Å². The second-order valence-electron chi connectivity index (χ2n) is 7.02. The van der Waals surface area contributed by atoms with Crippen molar-refractivity contribution in [3.05, 3.63) is 33.9 Å². The number of anilines is 1. The lowest BCUT2D eigenvalue weighted by Crippen LogP contribution is -2.42. The SMILES string of the molecule is Cc1ccc([N+](=O)[O-])c(NCC2(O)CCC(C)(C)CC2)c1. The van der Waals surface area contributed by atoms with Crippen LogP contribution in [-0.4, -0.2) is 22.2 Å². The third-order valence-electron chi connectivity index (χ3n) is 4.49. The molecule has 0 aliphatic heterocycles. The molecular weight excluding hydrogens is 268 g/mol. The number of hydrogen-bond donors (Lipinski definition) is 2. The Balaban J connectivity index is 2.06. The minimum Gasteiger partial charge on any atom is -0.388 e. The standard InChI is InChI=1S/C16H24N2O3/c1-12-4-5-14(18(20)21)13(10-12)17-11-16(19)8-6-15(2,3)7-9-16/h4-5,10,17,19H,6-9,11H2,1-3H3. The summed E-state index contributed by atoms with van der Waals surface area (Å²) in [5.74, 6) is 0. The summed E-state index contributed by atoms with van der Waals surface area (Å²) in [6, 6.07) is 4.99. The lowest BCUT2D eigenvalue weighted by Gasteiger charge is -2.40. The van der Waals surface area contributed by atoms with E-state index in [1.165, 1.54) is 6.07 Å². The number of nitro benzene ring substituents is 1. The predicted molar refractivity (Wildman–Crippen MR) is 83.5 cm³/mol. The number of nitro groups is 1. The fourth-order valence-electron chi connectivity index (χ4n) is 2.78. The highest BCUT2D eigenvalue weighted by Gasteiger charge is 2.36. The Hall–Kier alpha value is -1.62. The molecule has 0 unspecified atom stereocenters. The van der Waals surface area contributed by atoms with Crippen molar-refractivity contribution in [2.45, 2.75) is 52.1 Å². The van der Waals surface area contributed by atoms with Crippen molar-refractivity contribution < 1.29 is 10.0 Å². The number of aryl methyl sites for hydroxylation is 1. The second-order valence-corrected chi connectivity index (χ2v) is 7.02. The summed E-state index contributed by atoms with van der Waals surface area (Å²) in [6.07, 6.45) is 3.40. The topological polar surface area (TPSA) is 75.4 Å². The molecule has 1 fully saturated rings. The van der Waals surface area contributed by atoms with Crippen molar-refractivity contribution in [2.75, 3.05) is 11.9 Å². The van der Waals surface area contributed by atoms with Gasteiger partial charge in [0.1, 0.15) is 5.69 Å². The van der Waals surface area contributed by atoms with Crippen LogP contribution in [0.4, 0.5) is 11.4 Å². The first-order valence-corrected chi connectivity index (χ1v) is 7.42. The summed E-state index contributed by atoms with van der Waals surface area (Å²) in [5, 5.41) is 24.8. The zero-order chi connectivity index (χ0) is 15.7. The maximum atomic E-state index is 11.1. The lowest BCUT2D eigenvalue weighted by atomic mass is 9.71. The van der Waals surface area contributed by atoms with Crippen LogP contribution in [0, 0.1) is 22.5 Å². The predicted octanol–water partition coefficient (Wildman–Crippen LogP) is 3.65. The van der Waals surface area contributed by atoms with E-state index in [0.717, 1.165) is 31.2 Å². The maximum absolute atomic E-state index is 11.1. The van der Waals surface area contributed by atoms with Crippen molar-refractivity contribution >= 4 is 11.4 Å². The average Bonchev–Trinajstić information content (AvgIpc) is 2.40. The third kappa shape index (κ3) is 3.94. The summed E-state index contributed by atoms with van der Waals surface area (Å²) in [4.78, 5) is 10.7. The van der Waals surface area contributed by atoms with Gasteiger partial charge in [0.2, 0.25) is 0 Å². The molecule has 1 saturated carbocycles. The Labute approximate surface area is 125 Å². The zero-order valence-corrected chi connectivity index (χ0v) is 13.0. The largest absolute Gasteiger partial charge is 0.388 e. The molecule has 5 heteroatoms. The van der Waals surface area contributed by atoms with Crippen molar-refractivity contribution in [3.63, 3.8) is 0 Å². The second kappa shape index (κ2) is 5.64. The van der Waals surface area contributed by atoms with Gasteiger partial charge in [-0.2, -0.15) is 0 Å². The van der Waals surface area contributed by atoms with Crippen LogP contribution in [0.25, 0.3) is 0 Å². The van der Waals surface area contributed by atoms with Crippen molar-refractivity contribution in [1.82, 2.24) is 0 Å². The van der Waals surface area contributed by atoms with Crippen molar-refractivity contribution in [3.8, 4) is 0 Å². The van der Waals surface area contributed by atoms with Crippen LogP contribution in [0.2, 0.25) is 0 Å². The molecule has 116 valence electrons. The number of nitrogens with zero attached hydrogens (tertiary/aromatic N) is 1. The molecule has 2 N–H and O–H groups in total. The van der Waals surface area contributed by atoms with Gasteiger partial charge in [-0.25, -0.2) is 0 Å². The molecule has 1 aromatic rings. The highest BCUT2D eigenvalue weighted by Crippen LogP contribution is 2.40. The molecule has 0 spiro atoms. The minimum atomic E-state index is -0.771. The minimum absolute atomic E-state index is 0.0559. The molecule has 0 amide bonds. The molecule has 0 bridgehead atoms. The molecule has 0 radical (unpaired) electrons. The quantitative estimate of drug-likeness (QED) is 0.656. The van der Waals surface area contributed by atoms with Gasteiger partial charge in [-0.15, -0.1) is 0 Å². The first-order chi connectivity index (χ1) is 9.71. The van der Waals surface area contributed by atoms with Crippen LogP contribution < -0.4 is 5.32 Å². The molecule has 2 rings (SSSR count). The lowest BCUT2D eigenvalue weighted by molar-refractivity contribution is -0.384. The van der Waals surface area contributed by atoms with Gasteiger partial charge >= 0.3 is 0 Å². The van der Waals surface area contributed by atoms with Gasteiger partial charge in [0.25, 0.3) is 5.69 Å². The number of nitrogens with one attached hydrogen (secondary N) is 1. The normalized spacial score (nSPS) is 20.0. The molecule has 1 aliphatic carbocycles. The summed E-state index contributed by atoms with van der Waals surface area (Å²) >= 11 is 0. The van der Waals surface area contributed by atoms with Crippen LogP contribution in [0.5, 0.6) is 0 Å². The van der Waals surface area contributed by atoms with Gasteiger partial charge < -0.3 is 10.4 Å². The number of benzene rings is 1. The van der Waals surface area contributed by atoms with E-state index in [0.29, 0.717) is 12.2 Å². The average molecular weight is 292 g/mol. The number of rotatable bonds is 4. The van der Waals surface area contributed by atoms with Gasteiger partial charge in [0.15, 0.2) is 0 Å². The first-order valence-electron chi connectivity index (χ1n) is 7.42. The van der Waals surface area contributed by atoms with E-state index < -0.39 is 10.5 Å². The monoisotopic (exact) mass is 292 g/mol. The van der Waals surface area contributed by atoms with Crippen LogP contribution in [0.15, 0.2) is 18.2 Å². The zero-order valence-electron chi connectivity index (χ0n) is 13.0. The Morgan fingerprint density at radius 1 is 1.29 bits per heavy atom. The number of hydrogen-bond acceptors (Lipinski definition) is 4. The van der Waals surface area contributed by atoms with E-state index in [2.05, 4.69) is 19.2 Å². The van der Waals surface area contributed by atoms with E-state index in [-0.39, 0.29) is 11.1 Å². The summed E-state index contributed by atoms with van der Waals surface area (Å²) in [6.45, 7) is 6.68. The van der Waals surface area contributed by atoms with E-state index in [4.69, 9.17) is 0 Å². The molecular formula is C16H24N2O3. The molecule has 21 heavy (non-hydrogen) atoms. The molecule has 0 saturated heterocycles. The summed E-state index contributed by atoms with van der Waals surface area (Å²) in [7, 11) is 0. The summed E-state index contributed by atoms with van der Waals surface area (Å²) in [5.41, 5.74) is 1.01. The Kier molecular flexibility index (Phi) is 4.23. The van der Waals surface area contributed by atoms with Crippen LogP contribution >= 0.6 is 0 Å². The summed E-state index contributed by atoms with van der Waals surface area (Å²) < 4.78 is 0. The fraction of sp³-hybridized carbons (Fsp3) is 0.625.